The van der Waals surface area contributed by atoms with E-state index in [1.807, 2.05) is 0 Å². The minimum Gasteiger partial charge on any atom is -0.481 e. The highest BCUT2D eigenvalue weighted by Crippen LogP contribution is 2.55. The molecule has 0 aromatic carbocycles. The van der Waals surface area contributed by atoms with E-state index in [-0.39, 0.29) is 12.8 Å². The second-order valence-electron chi connectivity index (χ2n) is 7.33. The summed E-state index contributed by atoms with van der Waals surface area (Å²) in [4.78, 5) is 34.6. The zero-order chi connectivity index (χ0) is 27.3. The third-order valence-electron chi connectivity index (χ3n) is 5.13. The highest BCUT2D eigenvalue weighted by molar-refractivity contribution is 5.81. The van der Waals surface area contributed by atoms with Crippen molar-refractivity contribution < 1.29 is 73.2 Å². The summed E-state index contributed by atoms with van der Waals surface area (Å²) >= 11 is 0. The number of carbonyl (C=O) groups excluding carboxylic acids is 1. The molecule has 0 saturated carbocycles. The molecule has 0 bridgehead atoms. The molecule has 0 amide bonds. The van der Waals surface area contributed by atoms with Crippen molar-refractivity contribution in [1.29, 1.82) is 0 Å². The number of alkyl halides is 10. The molecule has 3 unspecified atom stereocenters. The van der Waals surface area contributed by atoms with Crippen LogP contribution in [0, 0.1) is 17.8 Å². The summed E-state index contributed by atoms with van der Waals surface area (Å²) in [5, 5.41) is 18.3. The zero-order valence-electron chi connectivity index (χ0n) is 17.7. The standard InChI is InChI=1S/C18H22F10O6/c1-3-8(7-10(12(31)32)9(4-2)11(29)30)13(33)34-6-5-15(21,22)17(25,26)18(27,28)16(23,24)14(19)20/h8-10,14H,3-7H2,1-2H3,(H,29,30)(H,31,32). The van der Waals surface area contributed by atoms with Crippen LogP contribution in [0.5, 0.6) is 0 Å². The van der Waals surface area contributed by atoms with Crippen molar-refractivity contribution in [1.82, 2.24) is 0 Å². The van der Waals surface area contributed by atoms with Crippen molar-refractivity contribution in [2.45, 2.75) is 69.6 Å². The fourth-order valence-electron chi connectivity index (χ4n) is 2.94. The van der Waals surface area contributed by atoms with Crippen molar-refractivity contribution in [3.63, 3.8) is 0 Å². The van der Waals surface area contributed by atoms with Crippen LogP contribution >= 0.6 is 0 Å². The first-order valence-corrected chi connectivity index (χ1v) is 9.64. The van der Waals surface area contributed by atoms with Gasteiger partial charge >= 0.3 is 48.0 Å². The Bertz CT molecular complexity index is 728. The predicted molar refractivity (Wildman–Crippen MR) is 92.3 cm³/mol. The summed E-state index contributed by atoms with van der Waals surface area (Å²) in [6, 6.07) is 0. The fraction of sp³-hybridized carbons (Fsp3) is 0.833. The number of hydrogen-bond donors (Lipinski definition) is 2. The largest absolute Gasteiger partial charge is 0.481 e. The molecule has 16 heteroatoms. The maximum Gasteiger partial charge on any atom is 0.384 e. The molecule has 200 valence electrons. The van der Waals surface area contributed by atoms with Gasteiger partial charge in [-0.1, -0.05) is 13.8 Å². The average Bonchev–Trinajstić information content (AvgIpc) is 2.69. The number of hydrogen-bond acceptors (Lipinski definition) is 4. The van der Waals surface area contributed by atoms with Gasteiger partial charge in [-0.3, -0.25) is 14.4 Å². The van der Waals surface area contributed by atoms with Crippen molar-refractivity contribution in [3.05, 3.63) is 0 Å². The molecule has 34 heavy (non-hydrogen) atoms. The number of halogens is 10. The van der Waals surface area contributed by atoms with Crippen LogP contribution in [-0.4, -0.2) is 64.8 Å². The number of carboxylic acid groups (broad SMARTS) is 2. The fourth-order valence-corrected chi connectivity index (χ4v) is 2.94. The first-order valence-electron chi connectivity index (χ1n) is 9.64. The lowest BCUT2D eigenvalue weighted by Gasteiger charge is -2.36. The van der Waals surface area contributed by atoms with E-state index in [0.29, 0.717) is 0 Å². The highest BCUT2D eigenvalue weighted by Gasteiger charge is 2.82. The van der Waals surface area contributed by atoms with E-state index in [2.05, 4.69) is 4.74 Å². The Morgan fingerprint density at radius 3 is 1.62 bits per heavy atom. The van der Waals surface area contributed by atoms with Crippen LogP contribution < -0.4 is 0 Å². The molecule has 0 radical (unpaired) electrons. The molecule has 0 spiro atoms. The van der Waals surface area contributed by atoms with Crippen LogP contribution in [-0.2, 0) is 19.1 Å². The van der Waals surface area contributed by atoms with Crippen LogP contribution in [0.25, 0.3) is 0 Å². The molecule has 3 atom stereocenters. The number of carboxylic acids is 2. The van der Waals surface area contributed by atoms with E-state index in [0.717, 1.165) is 0 Å². The van der Waals surface area contributed by atoms with Gasteiger partial charge in [0.1, 0.15) is 0 Å². The van der Waals surface area contributed by atoms with Gasteiger partial charge in [0.2, 0.25) is 0 Å². The normalized spacial score (nSPS) is 16.1. The topological polar surface area (TPSA) is 101 Å². The number of ether oxygens (including phenoxy) is 1. The van der Waals surface area contributed by atoms with Crippen LogP contribution in [0.15, 0.2) is 0 Å². The average molecular weight is 524 g/mol. The number of esters is 1. The summed E-state index contributed by atoms with van der Waals surface area (Å²) in [5.74, 6) is -36.1. The first-order chi connectivity index (χ1) is 15.2. The summed E-state index contributed by atoms with van der Waals surface area (Å²) in [5.41, 5.74) is 0. The Labute approximate surface area is 186 Å². The minimum absolute atomic E-state index is 0.170. The molecule has 0 saturated heterocycles. The first kappa shape index (κ1) is 31.7. The van der Waals surface area contributed by atoms with Gasteiger partial charge in [0.25, 0.3) is 0 Å². The van der Waals surface area contributed by atoms with Gasteiger partial charge in [-0.2, -0.15) is 35.1 Å². The van der Waals surface area contributed by atoms with Crippen molar-refractivity contribution in [2.75, 3.05) is 6.61 Å². The van der Waals surface area contributed by atoms with Crippen molar-refractivity contribution >= 4 is 17.9 Å². The van der Waals surface area contributed by atoms with Crippen LogP contribution in [0.1, 0.15) is 39.5 Å². The van der Waals surface area contributed by atoms with Gasteiger partial charge in [0.15, 0.2) is 0 Å². The number of aliphatic carboxylic acids is 2. The van der Waals surface area contributed by atoms with Gasteiger partial charge in [-0.15, -0.1) is 0 Å². The van der Waals surface area contributed by atoms with Gasteiger partial charge in [-0.25, -0.2) is 8.78 Å². The van der Waals surface area contributed by atoms with Crippen molar-refractivity contribution in [2.24, 2.45) is 17.8 Å². The lowest BCUT2D eigenvalue weighted by Crippen LogP contribution is -2.64. The molecule has 0 aromatic heterocycles. The molecule has 0 aliphatic heterocycles. The zero-order valence-corrected chi connectivity index (χ0v) is 17.7. The van der Waals surface area contributed by atoms with E-state index in [4.69, 9.17) is 5.11 Å². The molecule has 0 fully saturated rings. The van der Waals surface area contributed by atoms with E-state index in [1.54, 1.807) is 0 Å². The van der Waals surface area contributed by atoms with Gasteiger partial charge in [0, 0.05) is 0 Å². The molecule has 0 aliphatic rings. The van der Waals surface area contributed by atoms with E-state index in [1.165, 1.54) is 13.8 Å². The Morgan fingerprint density at radius 1 is 0.794 bits per heavy atom. The Kier molecular flexibility index (Phi) is 10.7. The molecule has 0 heterocycles. The lowest BCUT2D eigenvalue weighted by atomic mass is 9.82. The molecule has 0 aliphatic carbocycles. The Balaban J connectivity index is 5.43. The van der Waals surface area contributed by atoms with Crippen LogP contribution in [0.4, 0.5) is 43.9 Å². The van der Waals surface area contributed by atoms with Crippen molar-refractivity contribution in [3.8, 4) is 0 Å². The highest BCUT2D eigenvalue weighted by atomic mass is 19.4. The Hall–Kier alpha value is -2.29. The molecule has 0 aromatic rings. The summed E-state index contributed by atoms with van der Waals surface area (Å²) < 4.78 is 135. The second-order valence-corrected chi connectivity index (χ2v) is 7.33. The number of rotatable bonds is 15. The predicted octanol–water partition coefficient (Wildman–Crippen LogP) is 4.95. The quantitative estimate of drug-likeness (QED) is 0.232. The monoisotopic (exact) mass is 524 g/mol. The summed E-state index contributed by atoms with van der Waals surface area (Å²) in [7, 11) is 0. The maximum atomic E-state index is 13.6. The summed E-state index contributed by atoms with van der Waals surface area (Å²) in [6.07, 6.45) is -8.93. The van der Waals surface area contributed by atoms with E-state index >= 15 is 0 Å². The van der Waals surface area contributed by atoms with Gasteiger partial charge in [-0.05, 0) is 19.3 Å². The molecule has 2 N–H and O–H groups in total. The minimum atomic E-state index is -7.17. The smallest absolute Gasteiger partial charge is 0.384 e. The van der Waals surface area contributed by atoms with Crippen LogP contribution in [0.2, 0.25) is 0 Å². The summed E-state index contributed by atoms with van der Waals surface area (Å²) in [6.45, 7) is 0.869. The van der Waals surface area contributed by atoms with Gasteiger partial charge < -0.3 is 14.9 Å². The van der Waals surface area contributed by atoms with Gasteiger partial charge in [0.05, 0.1) is 30.8 Å². The van der Waals surface area contributed by atoms with E-state index in [9.17, 15) is 63.4 Å². The maximum absolute atomic E-state index is 13.6. The lowest BCUT2D eigenvalue weighted by molar-refractivity contribution is -0.384. The van der Waals surface area contributed by atoms with E-state index < -0.39 is 85.2 Å². The molecule has 6 nitrogen and oxygen atoms in total. The SMILES string of the molecule is CCC(CC(C(=O)O)C(CC)C(=O)O)C(=O)OCCC(F)(F)C(F)(F)C(F)(F)C(F)(F)C(F)F. The third-order valence-corrected chi connectivity index (χ3v) is 5.13. The molecule has 0 rings (SSSR count). The molecular formula is C18H22F10O6. The third kappa shape index (κ3) is 6.43. The second kappa shape index (κ2) is 11.4. The van der Waals surface area contributed by atoms with Crippen LogP contribution in [0.3, 0.4) is 0 Å². The molecular weight excluding hydrogens is 502 g/mol. The Morgan fingerprint density at radius 2 is 1.26 bits per heavy atom. The number of carbonyl (C=O) groups is 3.